The summed E-state index contributed by atoms with van der Waals surface area (Å²) in [4.78, 5) is 12.1. The third-order valence-corrected chi connectivity index (χ3v) is 3.81. The van der Waals surface area contributed by atoms with Crippen LogP contribution < -0.4 is 10.1 Å². The van der Waals surface area contributed by atoms with Gasteiger partial charge in [-0.05, 0) is 40.2 Å². The lowest BCUT2D eigenvalue weighted by molar-refractivity contribution is 0.101. The lowest BCUT2D eigenvalue weighted by Gasteiger charge is -2.10. The van der Waals surface area contributed by atoms with E-state index >= 15 is 0 Å². The Morgan fingerprint density at radius 3 is 2.33 bits per heavy atom. The van der Waals surface area contributed by atoms with Gasteiger partial charge in [0, 0.05) is 15.0 Å². The normalized spacial score (nSPS) is 10.3. The van der Waals surface area contributed by atoms with Gasteiger partial charge in [0.05, 0.1) is 12.8 Å². The SMILES string of the molecule is COc1ccc(Br)c(NC(=O)c2c(F)cc(Br)cc2F)c1. The van der Waals surface area contributed by atoms with Crippen molar-refractivity contribution < 1.29 is 18.3 Å². The monoisotopic (exact) mass is 419 g/mol. The molecule has 7 heteroatoms. The van der Waals surface area contributed by atoms with Gasteiger partial charge < -0.3 is 10.1 Å². The number of rotatable bonds is 3. The number of carbonyl (C=O) groups is 1. The molecule has 21 heavy (non-hydrogen) atoms. The highest BCUT2D eigenvalue weighted by Crippen LogP contribution is 2.28. The summed E-state index contributed by atoms with van der Waals surface area (Å²) in [6.07, 6.45) is 0. The average Bonchev–Trinajstić information content (AvgIpc) is 2.40. The zero-order valence-electron chi connectivity index (χ0n) is 10.7. The van der Waals surface area contributed by atoms with Crippen LogP contribution in [0, 0.1) is 11.6 Å². The van der Waals surface area contributed by atoms with E-state index in [1.54, 1.807) is 12.1 Å². The van der Waals surface area contributed by atoms with Gasteiger partial charge >= 0.3 is 0 Å². The van der Waals surface area contributed by atoms with E-state index in [4.69, 9.17) is 4.74 Å². The third kappa shape index (κ3) is 3.59. The Labute approximate surface area is 136 Å². The van der Waals surface area contributed by atoms with Crippen molar-refractivity contribution in [3.05, 3.63) is 56.5 Å². The first-order valence-electron chi connectivity index (χ1n) is 5.72. The first-order chi connectivity index (χ1) is 9.92. The van der Waals surface area contributed by atoms with Gasteiger partial charge in [0.25, 0.3) is 5.91 Å². The van der Waals surface area contributed by atoms with Crippen molar-refractivity contribution in [2.75, 3.05) is 12.4 Å². The van der Waals surface area contributed by atoms with E-state index < -0.39 is 23.1 Å². The molecule has 0 aliphatic heterocycles. The summed E-state index contributed by atoms with van der Waals surface area (Å²) in [5, 5.41) is 2.44. The molecule has 0 aliphatic carbocycles. The van der Waals surface area contributed by atoms with Crippen LogP contribution in [-0.2, 0) is 0 Å². The van der Waals surface area contributed by atoms with Gasteiger partial charge in [0.2, 0.25) is 0 Å². The Balaban J connectivity index is 2.35. The van der Waals surface area contributed by atoms with Crippen LogP contribution in [0.15, 0.2) is 39.3 Å². The third-order valence-electron chi connectivity index (χ3n) is 2.66. The Hall–Kier alpha value is -1.47. The number of benzene rings is 2. The van der Waals surface area contributed by atoms with Crippen LogP contribution in [0.25, 0.3) is 0 Å². The number of anilines is 1. The lowest BCUT2D eigenvalue weighted by Crippen LogP contribution is -2.16. The number of halogens is 4. The molecule has 0 heterocycles. The molecule has 0 spiro atoms. The molecule has 2 aromatic carbocycles. The predicted octanol–water partition coefficient (Wildman–Crippen LogP) is 4.75. The van der Waals surface area contributed by atoms with Gasteiger partial charge in [-0.3, -0.25) is 4.79 Å². The molecule has 2 rings (SSSR count). The molecule has 110 valence electrons. The Bertz CT molecular complexity index is 684. The van der Waals surface area contributed by atoms with Gasteiger partial charge in [0.15, 0.2) is 0 Å². The summed E-state index contributed by atoms with van der Waals surface area (Å²) in [6, 6.07) is 6.93. The van der Waals surface area contributed by atoms with E-state index in [9.17, 15) is 13.6 Å². The smallest absolute Gasteiger partial charge is 0.261 e. The standard InChI is InChI=1S/C14H9Br2F2NO2/c1-21-8-2-3-9(16)12(6-8)19-14(20)13-10(17)4-7(15)5-11(13)18/h2-6H,1H3,(H,19,20). The maximum atomic E-state index is 13.7. The van der Waals surface area contributed by atoms with Gasteiger partial charge in [-0.2, -0.15) is 0 Å². The molecule has 2 aromatic rings. The van der Waals surface area contributed by atoms with Gasteiger partial charge in [-0.1, -0.05) is 15.9 Å². The molecule has 3 nitrogen and oxygen atoms in total. The van der Waals surface area contributed by atoms with E-state index in [0.717, 1.165) is 12.1 Å². The number of methoxy groups -OCH3 is 1. The van der Waals surface area contributed by atoms with E-state index in [-0.39, 0.29) is 4.47 Å². The quantitative estimate of drug-likeness (QED) is 0.777. The molecule has 0 atom stereocenters. The second-order valence-corrected chi connectivity index (χ2v) is 5.81. The summed E-state index contributed by atoms with van der Waals surface area (Å²) in [5.41, 5.74) is -0.297. The minimum atomic E-state index is -0.946. The van der Waals surface area contributed by atoms with Crippen molar-refractivity contribution in [1.82, 2.24) is 0 Å². The van der Waals surface area contributed by atoms with E-state index in [1.165, 1.54) is 13.2 Å². The van der Waals surface area contributed by atoms with Crippen molar-refractivity contribution in [1.29, 1.82) is 0 Å². The molecule has 0 saturated heterocycles. The summed E-state index contributed by atoms with van der Waals surface area (Å²) in [5.74, 6) is -2.27. The molecule has 1 amide bonds. The van der Waals surface area contributed by atoms with Crippen molar-refractivity contribution in [2.24, 2.45) is 0 Å². The number of hydrogen-bond donors (Lipinski definition) is 1. The Morgan fingerprint density at radius 2 is 1.76 bits per heavy atom. The molecule has 0 fully saturated rings. The fourth-order valence-corrected chi connectivity index (χ4v) is 2.42. The number of ether oxygens (including phenoxy) is 1. The van der Waals surface area contributed by atoms with E-state index in [0.29, 0.717) is 15.9 Å². The van der Waals surface area contributed by atoms with Crippen molar-refractivity contribution in [3.8, 4) is 5.75 Å². The topological polar surface area (TPSA) is 38.3 Å². The summed E-state index contributed by atoms with van der Waals surface area (Å²) < 4.78 is 33.3. The molecule has 0 aliphatic rings. The molecule has 0 bridgehead atoms. The summed E-state index contributed by atoms with van der Waals surface area (Å²) in [7, 11) is 1.48. The molecular weight excluding hydrogens is 412 g/mol. The van der Waals surface area contributed by atoms with E-state index in [2.05, 4.69) is 37.2 Å². The molecule has 0 radical (unpaired) electrons. The fraction of sp³-hybridized carbons (Fsp3) is 0.0714. The van der Waals surface area contributed by atoms with Crippen LogP contribution in [0.1, 0.15) is 10.4 Å². The zero-order chi connectivity index (χ0) is 15.6. The average molecular weight is 421 g/mol. The first-order valence-corrected chi connectivity index (χ1v) is 7.30. The molecule has 0 unspecified atom stereocenters. The minimum absolute atomic E-state index is 0.219. The van der Waals surface area contributed by atoms with Crippen molar-refractivity contribution in [2.45, 2.75) is 0 Å². The molecular formula is C14H9Br2F2NO2. The van der Waals surface area contributed by atoms with Crippen LogP contribution in [0.5, 0.6) is 5.75 Å². The van der Waals surface area contributed by atoms with Crippen molar-refractivity contribution >= 4 is 43.5 Å². The second-order valence-electron chi connectivity index (χ2n) is 4.04. The second kappa shape index (κ2) is 6.53. The predicted molar refractivity (Wildman–Crippen MR) is 82.7 cm³/mol. The number of amides is 1. The van der Waals surface area contributed by atoms with Crippen LogP contribution in [-0.4, -0.2) is 13.0 Å². The Kier molecular flexibility index (Phi) is 4.95. The zero-order valence-corrected chi connectivity index (χ0v) is 13.9. The summed E-state index contributed by atoms with van der Waals surface area (Å²) >= 11 is 6.20. The van der Waals surface area contributed by atoms with Crippen LogP contribution in [0.2, 0.25) is 0 Å². The van der Waals surface area contributed by atoms with Gasteiger partial charge in [-0.15, -0.1) is 0 Å². The maximum Gasteiger partial charge on any atom is 0.261 e. The highest BCUT2D eigenvalue weighted by Gasteiger charge is 2.19. The van der Waals surface area contributed by atoms with Gasteiger partial charge in [0.1, 0.15) is 22.9 Å². The van der Waals surface area contributed by atoms with Crippen LogP contribution in [0.3, 0.4) is 0 Å². The number of nitrogens with one attached hydrogen (secondary N) is 1. The van der Waals surface area contributed by atoms with Crippen LogP contribution >= 0.6 is 31.9 Å². The highest BCUT2D eigenvalue weighted by molar-refractivity contribution is 9.10. The maximum absolute atomic E-state index is 13.7. The fourth-order valence-electron chi connectivity index (χ4n) is 1.67. The van der Waals surface area contributed by atoms with Crippen LogP contribution in [0.4, 0.5) is 14.5 Å². The number of carbonyl (C=O) groups excluding carboxylic acids is 1. The molecule has 0 aromatic heterocycles. The largest absolute Gasteiger partial charge is 0.497 e. The van der Waals surface area contributed by atoms with Gasteiger partial charge in [-0.25, -0.2) is 8.78 Å². The minimum Gasteiger partial charge on any atom is -0.497 e. The molecule has 1 N–H and O–H groups in total. The summed E-state index contributed by atoms with van der Waals surface area (Å²) in [6.45, 7) is 0. The first kappa shape index (κ1) is 15.9. The highest BCUT2D eigenvalue weighted by atomic mass is 79.9. The van der Waals surface area contributed by atoms with E-state index in [1.807, 2.05) is 0 Å². The molecule has 0 saturated carbocycles. The Morgan fingerprint density at radius 1 is 1.14 bits per heavy atom. The van der Waals surface area contributed by atoms with Crippen molar-refractivity contribution in [3.63, 3.8) is 0 Å². The lowest BCUT2D eigenvalue weighted by atomic mass is 10.1. The number of hydrogen-bond acceptors (Lipinski definition) is 2.